The van der Waals surface area contributed by atoms with Crippen molar-refractivity contribution >= 4 is 0 Å². The van der Waals surface area contributed by atoms with E-state index in [1.54, 1.807) is 0 Å². The van der Waals surface area contributed by atoms with Crippen LogP contribution in [0.25, 0.3) is 5.82 Å². The lowest BCUT2D eigenvalue weighted by Gasteiger charge is -1.98. The van der Waals surface area contributed by atoms with Gasteiger partial charge in [-0.3, -0.25) is 9.89 Å². The summed E-state index contributed by atoms with van der Waals surface area (Å²) in [6.45, 7) is 0. The predicted molar refractivity (Wildman–Crippen MR) is 46.7 cm³/mol. The molecule has 0 radical (unpaired) electrons. The minimum absolute atomic E-state index is 0.219. The van der Waals surface area contributed by atoms with Crippen LogP contribution in [-0.2, 0) is 0 Å². The number of hydrogen-bond donors (Lipinski definition) is 1. The van der Waals surface area contributed by atoms with Crippen molar-refractivity contribution in [3.05, 3.63) is 40.7 Å². The molecule has 68 valence electrons. The predicted octanol–water partition coefficient (Wildman–Crippen LogP) is -0.173. The Morgan fingerprint density at radius 3 is 3.00 bits per heavy atom. The number of aromatic nitrogens is 4. The highest BCUT2D eigenvalue weighted by Gasteiger charge is 2.02. The van der Waals surface area contributed by atoms with Gasteiger partial charge in [0.1, 0.15) is 18.1 Å². The largest absolute Gasteiger partial charge is 0.297 e. The van der Waals surface area contributed by atoms with Crippen molar-refractivity contribution in [1.82, 2.24) is 19.7 Å². The first-order valence-corrected chi connectivity index (χ1v) is 3.80. The lowest BCUT2D eigenvalue weighted by atomic mass is 10.4. The van der Waals surface area contributed by atoms with Crippen molar-refractivity contribution in [2.45, 2.75) is 0 Å². The fourth-order valence-corrected chi connectivity index (χ4v) is 1.03. The van der Waals surface area contributed by atoms with Crippen LogP contribution < -0.4 is 5.56 Å². The maximum Gasteiger partial charge on any atom is 0.272 e. The van der Waals surface area contributed by atoms with Gasteiger partial charge in [-0.05, 0) is 0 Å². The first-order valence-electron chi connectivity index (χ1n) is 3.80. The maximum absolute atomic E-state index is 11.2. The molecule has 0 aliphatic rings. The van der Waals surface area contributed by atoms with E-state index in [0.29, 0.717) is 5.82 Å². The van der Waals surface area contributed by atoms with E-state index in [-0.39, 0.29) is 11.3 Å². The van der Waals surface area contributed by atoms with Crippen molar-refractivity contribution in [3.63, 3.8) is 0 Å². The molecule has 2 rings (SSSR count). The number of hydrogen-bond acceptors (Lipinski definition) is 4. The highest BCUT2D eigenvalue weighted by atomic mass is 16.1. The number of nitrogens with zero attached hydrogens (tertiary/aromatic N) is 4. The Balaban J connectivity index is 2.59. The average molecular weight is 187 g/mol. The molecule has 6 heteroatoms. The second-order valence-electron chi connectivity index (χ2n) is 2.51. The molecule has 0 saturated carbocycles. The van der Waals surface area contributed by atoms with E-state index in [4.69, 9.17) is 5.26 Å². The van der Waals surface area contributed by atoms with Gasteiger partial charge >= 0.3 is 0 Å². The second-order valence-corrected chi connectivity index (χ2v) is 2.51. The molecule has 0 aliphatic carbocycles. The van der Waals surface area contributed by atoms with Crippen LogP contribution in [0, 0.1) is 11.3 Å². The molecule has 2 aromatic rings. The Hall–Kier alpha value is -2.42. The first kappa shape index (κ1) is 8.19. The van der Waals surface area contributed by atoms with E-state index in [2.05, 4.69) is 15.1 Å². The molecular formula is C8H5N5O. The zero-order valence-electron chi connectivity index (χ0n) is 7.01. The van der Waals surface area contributed by atoms with Crippen LogP contribution in [0.1, 0.15) is 5.69 Å². The van der Waals surface area contributed by atoms with E-state index >= 15 is 0 Å². The summed E-state index contributed by atoms with van der Waals surface area (Å²) >= 11 is 0. The van der Waals surface area contributed by atoms with Crippen molar-refractivity contribution in [2.75, 3.05) is 0 Å². The fraction of sp³-hybridized carbons (Fsp3) is 0. The summed E-state index contributed by atoms with van der Waals surface area (Å²) < 4.78 is 1.22. The van der Waals surface area contributed by atoms with Gasteiger partial charge in [-0.15, -0.1) is 0 Å². The third-order valence-corrected chi connectivity index (χ3v) is 1.65. The molecule has 2 heterocycles. The minimum Gasteiger partial charge on any atom is -0.297 e. The molecule has 0 bridgehead atoms. The van der Waals surface area contributed by atoms with Crippen molar-refractivity contribution in [3.8, 4) is 11.9 Å². The van der Waals surface area contributed by atoms with Gasteiger partial charge in [0.2, 0.25) is 0 Å². The van der Waals surface area contributed by atoms with Crippen LogP contribution in [0.4, 0.5) is 0 Å². The first-order chi connectivity index (χ1) is 6.81. The van der Waals surface area contributed by atoms with E-state index in [1.807, 2.05) is 6.07 Å². The van der Waals surface area contributed by atoms with Crippen molar-refractivity contribution in [2.24, 2.45) is 0 Å². The average Bonchev–Trinajstić information content (AvgIpc) is 2.65. The molecule has 0 fully saturated rings. The Kier molecular flexibility index (Phi) is 1.84. The number of nitriles is 1. The molecule has 0 atom stereocenters. The molecule has 2 aromatic heterocycles. The van der Waals surface area contributed by atoms with Gasteiger partial charge in [0.15, 0.2) is 5.82 Å². The molecule has 0 amide bonds. The summed E-state index contributed by atoms with van der Waals surface area (Å²) in [4.78, 5) is 18.8. The summed E-state index contributed by atoms with van der Waals surface area (Å²) in [5.74, 6) is 0.353. The van der Waals surface area contributed by atoms with E-state index in [0.717, 1.165) is 0 Å². The molecule has 6 nitrogen and oxygen atoms in total. The quantitative estimate of drug-likeness (QED) is 0.671. The standard InChI is InChI=1S/C8H5N5O/c9-4-6-3-7(11-5-10-6)13-8(14)1-2-12-13/h1-3,5,12H. The molecule has 0 unspecified atom stereocenters. The van der Waals surface area contributed by atoms with E-state index < -0.39 is 0 Å². The topological polar surface area (TPSA) is 87.4 Å². The lowest BCUT2D eigenvalue weighted by Crippen LogP contribution is -2.15. The Labute approximate surface area is 78.5 Å². The maximum atomic E-state index is 11.2. The van der Waals surface area contributed by atoms with Crippen LogP contribution >= 0.6 is 0 Å². The zero-order valence-corrected chi connectivity index (χ0v) is 7.01. The molecule has 0 aromatic carbocycles. The van der Waals surface area contributed by atoms with Gasteiger partial charge in [-0.2, -0.15) is 5.26 Å². The summed E-state index contributed by atoms with van der Waals surface area (Å²) in [5, 5.41) is 11.3. The van der Waals surface area contributed by atoms with Gasteiger partial charge in [0.25, 0.3) is 5.56 Å². The fourth-order valence-electron chi connectivity index (χ4n) is 1.03. The highest BCUT2D eigenvalue weighted by Crippen LogP contribution is 1.99. The van der Waals surface area contributed by atoms with Crippen LogP contribution in [0.2, 0.25) is 0 Å². The molecule has 0 spiro atoms. The van der Waals surface area contributed by atoms with Crippen LogP contribution in [0.15, 0.2) is 29.5 Å². The Morgan fingerprint density at radius 2 is 2.36 bits per heavy atom. The van der Waals surface area contributed by atoms with Crippen LogP contribution in [0.5, 0.6) is 0 Å². The second kappa shape index (κ2) is 3.14. The monoisotopic (exact) mass is 187 g/mol. The Morgan fingerprint density at radius 1 is 1.50 bits per heavy atom. The number of H-pyrrole nitrogens is 1. The lowest BCUT2D eigenvalue weighted by molar-refractivity contribution is 0.811. The van der Waals surface area contributed by atoms with Gasteiger partial charge < -0.3 is 0 Å². The third-order valence-electron chi connectivity index (χ3n) is 1.65. The number of nitrogens with one attached hydrogen (secondary N) is 1. The smallest absolute Gasteiger partial charge is 0.272 e. The summed E-state index contributed by atoms with van der Waals surface area (Å²) in [7, 11) is 0. The SMILES string of the molecule is N#Cc1cc(-n2[nH]ccc2=O)ncn1. The summed E-state index contributed by atoms with van der Waals surface area (Å²) in [6, 6.07) is 4.67. The minimum atomic E-state index is -0.229. The highest BCUT2D eigenvalue weighted by molar-refractivity contribution is 5.29. The molecule has 0 aliphatic heterocycles. The Bertz CT molecular complexity index is 547. The zero-order chi connectivity index (χ0) is 9.97. The van der Waals surface area contributed by atoms with Crippen LogP contribution in [0.3, 0.4) is 0 Å². The van der Waals surface area contributed by atoms with Gasteiger partial charge in [-0.1, -0.05) is 0 Å². The third kappa shape index (κ3) is 1.27. The van der Waals surface area contributed by atoms with Crippen LogP contribution in [-0.4, -0.2) is 19.7 Å². The van der Waals surface area contributed by atoms with Gasteiger partial charge in [0, 0.05) is 18.3 Å². The van der Waals surface area contributed by atoms with Gasteiger partial charge in [-0.25, -0.2) is 14.6 Å². The number of rotatable bonds is 1. The van der Waals surface area contributed by atoms with Gasteiger partial charge in [0.05, 0.1) is 0 Å². The normalized spacial score (nSPS) is 9.64. The summed E-state index contributed by atoms with van der Waals surface area (Å²) in [5.41, 5.74) is -0.0101. The van der Waals surface area contributed by atoms with Crippen molar-refractivity contribution in [1.29, 1.82) is 5.26 Å². The molecule has 14 heavy (non-hydrogen) atoms. The summed E-state index contributed by atoms with van der Waals surface area (Å²) in [6.07, 6.45) is 2.73. The van der Waals surface area contributed by atoms with E-state index in [9.17, 15) is 4.79 Å². The molecule has 0 saturated heterocycles. The number of aromatic amines is 1. The molecular weight excluding hydrogens is 182 g/mol. The molecule has 1 N–H and O–H groups in total. The van der Waals surface area contributed by atoms with E-state index in [1.165, 1.54) is 29.3 Å². The van der Waals surface area contributed by atoms with Crippen molar-refractivity contribution < 1.29 is 0 Å².